The lowest BCUT2D eigenvalue weighted by molar-refractivity contribution is 0.199. The van der Waals surface area contributed by atoms with E-state index < -0.39 is 0 Å². The third-order valence-electron chi connectivity index (χ3n) is 2.28. The van der Waals surface area contributed by atoms with E-state index in [0.717, 1.165) is 17.9 Å². The van der Waals surface area contributed by atoms with Gasteiger partial charge in [-0.2, -0.15) is 0 Å². The molecule has 0 aliphatic carbocycles. The topological polar surface area (TPSA) is 30.5 Å². The molecule has 0 bridgehead atoms. The molecule has 0 heterocycles. The number of hydrogen-bond acceptors (Lipinski definition) is 3. The van der Waals surface area contributed by atoms with Crippen LogP contribution in [0.3, 0.4) is 0 Å². The number of rotatable bonds is 8. The van der Waals surface area contributed by atoms with Crippen molar-refractivity contribution in [3.8, 4) is 5.75 Å². The number of nitrogens with one attached hydrogen (secondary N) is 1. The number of halogens is 2. The highest BCUT2D eigenvalue weighted by Crippen LogP contribution is 2.26. The first kappa shape index (κ1) is 15.3. The molecule has 0 unspecified atom stereocenters. The van der Waals surface area contributed by atoms with Crippen molar-refractivity contribution in [1.82, 2.24) is 5.32 Å². The fourth-order valence-corrected chi connectivity index (χ4v) is 1.71. The standard InChI is InChI=1S/C13H17Cl2NO2/c1-17-9-7-16-10-11-12(15)4-2-5-13(11)18-8-3-6-14/h2-6,16H,7-10H2,1H3/b6-3+. The Morgan fingerprint density at radius 1 is 1.39 bits per heavy atom. The maximum Gasteiger partial charge on any atom is 0.125 e. The Labute approximate surface area is 118 Å². The lowest BCUT2D eigenvalue weighted by Crippen LogP contribution is -2.19. The number of ether oxygens (including phenoxy) is 2. The third-order valence-corrected chi connectivity index (χ3v) is 2.82. The van der Waals surface area contributed by atoms with Crippen molar-refractivity contribution < 1.29 is 9.47 Å². The average molecular weight is 290 g/mol. The van der Waals surface area contributed by atoms with Gasteiger partial charge in [0.25, 0.3) is 0 Å². The van der Waals surface area contributed by atoms with E-state index in [-0.39, 0.29) is 0 Å². The van der Waals surface area contributed by atoms with E-state index in [1.54, 1.807) is 13.2 Å². The molecule has 0 spiro atoms. The second kappa shape index (κ2) is 9.22. The van der Waals surface area contributed by atoms with Crippen molar-refractivity contribution >= 4 is 23.2 Å². The summed E-state index contributed by atoms with van der Waals surface area (Å²) in [6.07, 6.45) is 1.73. The van der Waals surface area contributed by atoms with Gasteiger partial charge in [-0.05, 0) is 18.2 Å². The predicted molar refractivity (Wildman–Crippen MR) is 75.5 cm³/mol. The zero-order valence-electron chi connectivity index (χ0n) is 10.3. The summed E-state index contributed by atoms with van der Waals surface area (Å²) in [5.74, 6) is 0.766. The van der Waals surface area contributed by atoms with Gasteiger partial charge in [-0.25, -0.2) is 0 Å². The minimum absolute atomic E-state index is 0.426. The highest BCUT2D eigenvalue weighted by molar-refractivity contribution is 6.31. The second-order valence-corrected chi connectivity index (χ2v) is 4.22. The highest BCUT2D eigenvalue weighted by Gasteiger charge is 2.07. The monoisotopic (exact) mass is 289 g/mol. The molecule has 1 N–H and O–H groups in total. The Bertz CT molecular complexity index is 383. The first-order chi connectivity index (χ1) is 8.79. The van der Waals surface area contributed by atoms with Gasteiger partial charge in [-0.15, -0.1) is 0 Å². The summed E-state index contributed by atoms with van der Waals surface area (Å²) in [4.78, 5) is 0. The zero-order chi connectivity index (χ0) is 13.2. The van der Waals surface area contributed by atoms with E-state index >= 15 is 0 Å². The van der Waals surface area contributed by atoms with Crippen LogP contribution in [0.25, 0.3) is 0 Å². The van der Waals surface area contributed by atoms with Crippen LogP contribution in [0.1, 0.15) is 5.56 Å². The van der Waals surface area contributed by atoms with Crippen LogP contribution >= 0.6 is 23.2 Å². The van der Waals surface area contributed by atoms with Crippen LogP contribution < -0.4 is 10.1 Å². The molecule has 0 aromatic heterocycles. The first-order valence-electron chi connectivity index (χ1n) is 5.64. The normalized spacial score (nSPS) is 11.1. The summed E-state index contributed by atoms with van der Waals surface area (Å²) < 4.78 is 10.6. The first-order valence-corrected chi connectivity index (χ1v) is 6.46. The summed E-state index contributed by atoms with van der Waals surface area (Å²) in [5, 5.41) is 3.93. The van der Waals surface area contributed by atoms with Crippen LogP contribution in [0.2, 0.25) is 5.02 Å². The van der Waals surface area contributed by atoms with E-state index in [2.05, 4.69) is 5.32 Å². The van der Waals surface area contributed by atoms with Crippen molar-refractivity contribution in [2.45, 2.75) is 6.54 Å². The SMILES string of the molecule is COCCNCc1c(Cl)cccc1OC/C=C/Cl. The van der Waals surface area contributed by atoms with Gasteiger partial charge in [-0.1, -0.05) is 29.3 Å². The molecule has 0 aliphatic heterocycles. The molecule has 0 amide bonds. The fraction of sp³-hybridized carbons (Fsp3) is 0.385. The van der Waals surface area contributed by atoms with Crippen molar-refractivity contribution in [3.05, 3.63) is 40.4 Å². The smallest absolute Gasteiger partial charge is 0.125 e. The molecule has 0 saturated carbocycles. The molecule has 1 aromatic carbocycles. The third kappa shape index (κ3) is 5.27. The van der Waals surface area contributed by atoms with Gasteiger partial charge in [0.2, 0.25) is 0 Å². The molecule has 3 nitrogen and oxygen atoms in total. The van der Waals surface area contributed by atoms with Crippen molar-refractivity contribution in [2.75, 3.05) is 26.9 Å². The largest absolute Gasteiger partial charge is 0.489 e. The average Bonchev–Trinajstić information content (AvgIpc) is 2.37. The Morgan fingerprint density at radius 3 is 2.94 bits per heavy atom. The molecular formula is C13H17Cl2NO2. The molecule has 1 aromatic rings. The summed E-state index contributed by atoms with van der Waals surface area (Å²) >= 11 is 11.6. The lowest BCUT2D eigenvalue weighted by Gasteiger charge is -2.12. The van der Waals surface area contributed by atoms with Crippen LogP contribution in [0.4, 0.5) is 0 Å². The van der Waals surface area contributed by atoms with Gasteiger partial charge < -0.3 is 14.8 Å². The Kier molecular flexibility index (Phi) is 7.85. The molecule has 0 saturated heterocycles. The predicted octanol–water partition coefficient (Wildman–Crippen LogP) is 3.21. The quantitative estimate of drug-likeness (QED) is 0.746. The van der Waals surface area contributed by atoms with Gasteiger partial charge in [0.15, 0.2) is 0 Å². The van der Waals surface area contributed by atoms with Crippen LogP contribution in [0.15, 0.2) is 29.8 Å². The molecule has 0 radical (unpaired) electrons. The summed E-state index contributed by atoms with van der Waals surface area (Å²) in [6.45, 7) is 2.50. The molecule has 5 heteroatoms. The van der Waals surface area contributed by atoms with Crippen molar-refractivity contribution in [3.63, 3.8) is 0 Å². The molecule has 0 atom stereocenters. The summed E-state index contributed by atoms with van der Waals surface area (Å²) in [6, 6.07) is 5.60. The fourth-order valence-electron chi connectivity index (χ4n) is 1.41. The summed E-state index contributed by atoms with van der Waals surface area (Å²) in [7, 11) is 1.67. The number of hydrogen-bond donors (Lipinski definition) is 1. The highest BCUT2D eigenvalue weighted by atomic mass is 35.5. The van der Waals surface area contributed by atoms with Crippen LogP contribution in [-0.2, 0) is 11.3 Å². The maximum absolute atomic E-state index is 6.16. The molecule has 100 valence electrons. The van der Waals surface area contributed by atoms with Gasteiger partial charge in [-0.3, -0.25) is 0 Å². The Hall–Kier alpha value is -0.740. The van der Waals surface area contributed by atoms with E-state index in [1.807, 2.05) is 18.2 Å². The van der Waals surface area contributed by atoms with E-state index in [9.17, 15) is 0 Å². The minimum Gasteiger partial charge on any atom is -0.489 e. The summed E-state index contributed by atoms with van der Waals surface area (Å²) in [5.41, 5.74) is 2.37. The number of methoxy groups -OCH3 is 1. The van der Waals surface area contributed by atoms with Gasteiger partial charge in [0.05, 0.1) is 6.61 Å². The molecule has 18 heavy (non-hydrogen) atoms. The van der Waals surface area contributed by atoms with Crippen LogP contribution in [0, 0.1) is 0 Å². The molecule has 1 rings (SSSR count). The molecule has 0 fully saturated rings. The van der Waals surface area contributed by atoms with Crippen molar-refractivity contribution in [2.24, 2.45) is 0 Å². The van der Waals surface area contributed by atoms with E-state index in [4.69, 9.17) is 32.7 Å². The second-order valence-electron chi connectivity index (χ2n) is 3.56. The van der Waals surface area contributed by atoms with E-state index in [0.29, 0.717) is 24.8 Å². The van der Waals surface area contributed by atoms with Crippen LogP contribution in [0.5, 0.6) is 5.75 Å². The Morgan fingerprint density at radius 2 is 2.22 bits per heavy atom. The zero-order valence-corrected chi connectivity index (χ0v) is 11.8. The minimum atomic E-state index is 0.426. The van der Waals surface area contributed by atoms with Crippen molar-refractivity contribution in [1.29, 1.82) is 0 Å². The van der Waals surface area contributed by atoms with Gasteiger partial charge in [0.1, 0.15) is 12.4 Å². The molecule has 0 aliphatic rings. The number of benzene rings is 1. The maximum atomic E-state index is 6.16. The van der Waals surface area contributed by atoms with Crippen LogP contribution in [-0.4, -0.2) is 26.9 Å². The van der Waals surface area contributed by atoms with Gasteiger partial charge >= 0.3 is 0 Å². The van der Waals surface area contributed by atoms with Gasteiger partial charge in [0, 0.05) is 36.3 Å². The Balaban J connectivity index is 2.61. The molecular weight excluding hydrogens is 273 g/mol. The lowest BCUT2D eigenvalue weighted by atomic mass is 10.2. The van der Waals surface area contributed by atoms with E-state index in [1.165, 1.54) is 5.54 Å².